The maximum atomic E-state index is 11.2. The van der Waals surface area contributed by atoms with E-state index in [4.69, 9.17) is 26.4 Å². The molecule has 0 fully saturated rings. The molecule has 7 heteroatoms. The number of thiocarbonyl (C=S) groups is 1. The maximum Gasteiger partial charge on any atom is 0.308 e. The van der Waals surface area contributed by atoms with Crippen LogP contribution < -0.4 is 14.2 Å². The molecule has 1 radical (unpaired) electrons. The van der Waals surface area contributed by atoms with Crippen molar-refractivity contribution in [1.29, 1.82) is 0 Å². The maximum absolute atomic E-state index is 11.2. The summed E-state index contributed by atoms with van der Waals surface area (Å²) in [4.78, 5) is 33.7. The second-order valence-electron chi connectivity index (χ2n) is 4.01. The molecule has 0 amide bonds. The largest absolute Gasteiger partial charge is 0.423 e. The van der Waals surface area contributed by atoms with Crippen LogP contribution in [0.5, 0.6) is 17.2 Å². The highest BCUT2D eigenvalue weighted by Gasteiger charge is 2.20. The van der Waals surface area contributed by atoms with E-state index >= 15 is 0 Å². The van der Waals surface area contributed by atoms with E-state index < -0.39 is 17.9 Å². The van der Waals surface area contributed by atoms with Gasteiger partial charge in [-0.25, -0.2) is 0 Å². The first-order valence-electron chi connectivity index (χ1n) is 5.80. The van der Waals surface area contributed by atoms with Gasteiger partial charge in [0.2, 0.25) is 5.75 Å². The van der Waals surface area contributed by atoms with Gasteiger partial charge >= 0.3 is 17.9 Å². The first kappa shape index (κ1) is 16.8. The summed E-state index contributed by atoms with van der Waals surface area (Å²) in [6, 6.07) is 2.75. The van der Waals surface area contributed by atoms with Crippen molar-refractivity contribution in [1.82, 2.24) is 0 Å². The lowest BCUT2D eigenvalue weighted by Crippen LogP contribution is -2.11. The van der Waals surface area contributed by atoms with Crippen LogP contribution in [0.25, 0.3) is 0 Å². The minimum absolute atomic E-state index is 0.0857. The van der Waals surface area contributed by atoms with Crippen LogP contribution in [0.15, 0.2) is 12.1 Å². The molecule has 0 aliphatic rings. The fraction of sp³-hybridized carbons (Fsp3) is 0.214. The second-order valence-corrected chi connectivity index (χ2v) is 4.50. The van der Waals surface area contributed by atoms with Crippen molar-refractivity contribution in [2.24, 2.45) is 0 Å². The van der Waals surface area contributed by atoms with Crippen LogP contribution in [0.1, 0.15) is 26.3 Å². The van der Waals surface area contributed by atoms with Crippen LogP contribution in [0.3, 0.4) is 0 Å². The number of carbonyl (C=O) groups is 3. The van der Waals surface area contributed by atoms with Crippen LogP contribution >= 0.6 is 12.2 Å². The van der Waals surface area contributed by atoms with Crippen LogP contribution in [0.2, 0.25) is 0 Å². The van der Waals surface area contributed by atoms with Gasteiger partial charge in [0.05, 0.1) is 0 Å². The minimum atomic E-state index is -0.665. The first-order chi connectivity index (χ1) is 9.70. The van der Waals surface area contributed by atoms with E-state index in [9.17, 15) is 14.4 Å². The van der Waals surface area contributed by atoms with E-state index in [1.165, 1.54) is 26.0 Å². The average Bonchev–Trinajstić information content (AvgIpc) is 2.30. The zero-order valence-corrected chi connectivity index (χ0v) is 12.5. The topological polar surface area (TPSA) is 78.9 Å². The van der Waals surface area contributed by atoms with Crippen LogP contribution in [-0.4, -0.2) is 22.8 Å². The lowest BCUT2D eigenvalue weighted by Gasteiger charge is -2.14. The van der Waals surface area contributed by atoms with Crippen LogP contribution in [0, 0.1) is 6.92 Å². The van der Waals surface area contributed by atoms with Gasteiger partial charge in [-0.15, -0.1) is 0 Å². The van der Waals surface area contributed by atoms with Gasteiger partial charge in [-0.05, 0) is 24.6 Å². The highest BCUT2D eigenvalue weighted by Crippen LogP contribution is 2.39. The molecule has 0 aromatic heterocycles. The number of hydrogen-bond donors (Lipinski definition) is 0. The molecule has 0 N–H and O–H groups in total. The highest BCUT2D eigenvalue weighted by atomic mass is 32.1. The summed E-state index contributed by atoms with van der Waals surface area (Å²) in [7, 11) is 0. The zero-order chi connectivity index (χ0) is 16.2. The van der Waals surface area contributed by atoms with Crippen molar-refractivity contribution in [3.8, 4) is 17.2 Å². The Morgan fingerprint density at radius 2 is 1.29 bits per heavy atom. The summed E-state index contributed by atoms with van der Waals surface area (Å²) in [5.41, 5.74) is 0.397. The van der Waals surface area contributed by atoms with E-state index in [-0.39, 0.29) is 22.1 Å². The fourth-order valence-electron chi connectivity index (χ4n) is 1.44. The van der Waals surface area contributed by atoms with E-state index in [2.05, 4.69) is 6.92 Å². The summed E-state index contributed by atoms with van der Waals surface area (Å²) in [5, 5.41) is 0. The van der Waals surface area contributed by atoms with Crippen molar-refractivity contribution in [2.75, 3.05) is 0 Å². The molecule has 0 saturated heterocycles. The molecule has 0 saturated carbocycles. The predicted octanol–water partition coefficient (Wildman–Crippen LogP) is 2.01. The summed E-state index contributed by atoms with van der Waals surface area (Å²) >= 11 is 4.94. The summed E-state index contributed by atoms with van der Waals surface area (Å²) < 4.78 is 14.9. The molecule has 21 heavy (non-hydrogen) atoms. The summed E-state index contributed by atoms with van der Waals surface area (Å²) in [6.07, 6.45) is 0. The molecule has 1 rings (SSSR count). The summed E-state index contributed by atoms with van der Waals surface area (Å²) in [5.74, 6) is -2.28. The Bertz CT molecular complexity index is 583. The number of esters is 3. The standard InChI is InChI=1S/C14H13O6S/c1-7(21)11-5-12(18-8(2)15)14(20-10(4)17)13(6-11)19-9(3)16/h5-6H,1H2,2-4H3. The smallest absolute Gasteiger partial charge is 0.308 e. The van der Waals surface area contributed by atoms with Gasteiger partial charge in [-0.2, -0.15) is 0 Å². The Morgan fingerprint density at radius 3 is 1.57 bits per heavy atom. The van der Waals surface area contributed by atoms with Gasteiger partial charge in [-0.1, -0.05) is 12.2 Å². The number of benzene rings is 1. The lowest BCUT2D eigenvalue weighted by molar-refractivity contribution is -0.135. The van der Waals surface area contributed by atoms with E-state index in [0.717, 1.165) is 6.92 Å². The van der Waals surface area contributed by atoms with Gasteiger partial charge in [0.25, 0.3) is 0 Å². The van der Waals surface area contributed by atoms with Gasteiger partial charge in [-0.3, -0.25) is 14.4 Å². The second kappa shape index (κ2) is 6.94. The predicted molar refractivity (Wildman–Crippen MR) is 77.4 cm³/mol. The van der Waals surface area contributed by atoms with E-state index in [1.54, 1.807) is 0 Å². The van der Waals surface area contributed by atoms with E-state index in [1.807, 2.05) is 0 Å². The van der Waals surface area contributed by atoms with Crippen molar-refractivity contribution in [2.45, 2.75) is 20.8 Å². The van der Waals surface area contributed by atoms with Crippen molar-refractivity contribution < 1.29 is 28.6 Å². The van der Waals surface area contributed by atoms with Crippen molar-refractivity contribution in [3.05, 3.63) is 24.6 Å². The third kappa shape index (κ3) is 4.96. The normalized spacial score (nSPS) is 9.71. The Kier molecular flexibility index (Phi) is 5.54. The van der Waals surface area contributed by atoms with Crippen molar-refractivity contribution >= 4 is 35.0 Å². The third-order valence-electron chi connectivity index (χ3n) is 2.10. The molecule has 0 aliphatic carbocycles. The van der Waals surface area contributed by atoms with Gasteiger partial charge in [0, 0.05) is 25.6 Å². The zero-order valence-electron chi connectivity index (χ0n) is 11.7. The van der Waals surface area contributed by atoms with Crippen LogP contribution in [-0.2, 0) is 14.4 Å². The number of hydrogen-bond acceptors (Lipinski definition) is 7. The minimum Gasteiger partial charge on any atom is -0.423 e. The number of rotatable bonds is 4. The lowest BCUT2D eigenvalue weighted by atomic mass is 10.1. The number of carbonyl (C=O) groups excluding carboxylic acids is 3. The molecule has 111 valence electrons. The molecule has 6 nitrogen and oxygen atoms in total. The fourth-order valence-corrected chi connectivity index (χ4v) is 1.56. The molecule has 1 aromatic rings. The molecule has 0 aliphatic heterocycles. The Labute approximate surface area is 127 Å². The van der Waals surface area contributed by atoms with Gasteiger partial charge in [0.15, 0.2) is 11.5 Å². The quantitative estimate of drug-likeness (QED) is 0.364. The molecule has 1 aromatic carbocycles. The molecular formula is C14H13O6S. The SMILES string of the molecule is [CH2]C(=S)c1cc(OC(C)=O)c(OC(C)=O)c(OC(C)=O)c1. The van der Waals surface area contributed by atoms with Gasteiger partial charge in [0.1, 0.15) is 0 Å². The van der Waals surface area contributed by atoms with Crippen molar-refractivity contribution in [3.63, 3.8) is 0 Å². The molecule has 0 spiro atoms. The number of ether oxygens (including phenoxy) is 3. The van der Waals surface area contributed by atoms with Gasteiger partial charge < -0.3 is 14.2 Å². The molecule has 0 unspecified atom stereocenters. The Morgan fingerprint density at radius 1 is 0.905 bits per heavy atom. The molecule has 0 heterocycles. The summed E-state index contributed by atoms with van der Waals surface area (Å²) in [6.45, 7) is 7.10. The molecular weight excluding hydrogens is 296 g/mol. The first-order valence-corrected chi connectivity index (χ1v) is 6.21. The third-order valence-corrected chi connectivity index (χ3v) is 2.33. The van der Waals surface area contributed by atoms with E-state index in [0.29, 0.717) is 5.56 Å². The monoisotopic (exact) mass is 309 g/mol. The Balaban J connectivity index is 3.50. The van der Waals surface area contributed by atoms with Crippen LogP contribution in [0.4, 0.5) is 0 Å². The Hall–Kier alpha value is -2.28. The average molecular weight is 309 g/mol. The highest BCUT2D eigenvalue weighted by molar-refractivity contribution is 7.81. The molecule has 0 atom stereocenters. The molecule has 0 bridgehead atoms.